The predicted octanol–water partition coefficient (Wildman–Crippen LogP) is -3.67. The molecule has 8 aliphatic rings. The second kappa shape index (κ2) is 20.7. The van der Waals surface area contributed by atoms with Gasteiger partial charge in [0.25, 0.3) is 0 Å². The minimum atomic E-state index is -0.899. The van der Waals surface area contributed by atoms with Gasteiger partial charge in [0.05, 0.1) is 46.0 Å². The third kappa shape index (κ3) is 9.29. The Bertz CT molecular complexity index is 1160. The normalized spacial score (nSPS) is 30.8. The van der Waals surface area contributed by atoms with Gasteiger partial charge >= 0.3 is 21.1 Å². The molecule has 4 heterocycles. The molecule has 4 saturated heterocycles. The van der Waals surface area contributed by atoms with E-state index in [4.69, 9.17) is 22.9 Å². The van der Waals surface area contributed by atoms with Gasteiger partial charge in [0.2, 0.25) is 0 Å². The van der Waals surface area contributed by atoms with Crippen LogP contribution in [0.2, 0.25) is 0 Å². The summed E-state index contributed by atoms with van der Waals surface area (Å²) in [6.07, 6.45) is 18.3. The molecule has 0 aromatic heterocycles. The summed E-state index contributed by atoms with van der Waals surface area (Å²) in [7, 11) is 0. The first kappa shape index (κ1) is 47.9. The molecule has 8 N–H and O–H groups in total. The fourth-order valence-electron chi connectivity index (χ4n) is 11.1. The van der Waals surface area contributed by atoms with Crippen LogP contribution in [-0.2, 0) is 40.2 Å². The number of rotatable bonds is 12. The topological polar surface area (TPSA) is 278 Å². The second-order valence-electron chi connectivity index (χ2n) is 17.6. The zero-order chi connectivity index (χ0) is 40.7. The van der Waals surface area contributed by atoms with Crippen molar-refractivity contribution in [2.75, 3.05) is 52.4 Å². The monoisotopic (exact) mass is 983 g/mol. The minimum absolute atomic E-state index is 0. The largest absolute Gasteiger partial charge is 4.00 e. The number of likely N-dealkylation sites (tertiary alicyclic amines) is 4. The molecule has 57 heavy (non-hydrogen) atoms. The smallest absolute Gasteiger partial charge is 0.548 e. The summed E-state index contributed by atoms with van der Waals surface area (Å²) in [5, 5.41) is 44.6. The average molecular weight is 984 g/mol. The van der Waals surface area contributed by atoms with Crippen molar-refractivity contribution in [1.29, 1.82) is 0 Å². The molecule has 8 fully saturated rings. The van der Waals surface area contributed by atoms with E-state index in [0.29, 0.717) is 26.2 Å². The zero-order valence-electron chi connectivity index (χ0n) is 33.8. The summed E-state index contributed by atoms with van der Waals surface area (Å²) in [6, 6.07) is 1.03. The number of hydrogen-bond donors (Lipinski definition) is 4. The third-order valence-corrected chi connectivity index (χ3v) is 15.0. The summed E-state index contributed by atoms with van der Waals surface area (Å²) in [6.45, 7) is 5.74. The van der Waals surface area contributed by atoms with Crippen LogP contribution in [0.3, 0.4) is 0 Å². The molecule has 0 bridgehead atoms. The Balaban J connectivity index is 0.000000167. The Morgan fingerprint density at radius 3 is 0.667 bits per heavy atom. The van der Waals surface area contributed by atoms with Gasteiger partial charge < -0.3 is 62.5 Å². The van der Waals surface area contributed by atoms with Crippen molar-refractivity contribution < 1.29 is 60.7 Å². The van der Waals surface area contributed by atoms with Crippen molar-refractivity contribution >= 4 is 23.9 Å². The van der Waals surface area contributed by atoms with Gasteiger partial charge in [-0.05, 0) is 155 Å². The molecule has 326 valence electrons. The molecule has 0 spiro atoms. The number of carbonyl (C=O) groups is 4. The van der Waals surface area contributed by atoms with Crippen LogP contribution in [0.1, 0.15) is 128 Å². The van der Waals surface area contributed by atoms with Crippen LogP contribution in [0, 0.1) is 0 Å². The summed E-state index contributed by atoms with van der Waals surface area (Å²) in [4.78, 5) is 52.9. The zero-order valence-corrected chi connectivity index (χ0v) is 36.1. The van der Waals surface area contributed by atoms with Crippen LogP contribution in [0.5, 0.6) is 0 Å². The molecule has 17 heteroatoms. The van der Waals surface area contributed by atoms with E-state index in [1.807, 2.05) is 0 Å². The first-order valence-corrected chi connectivity index (χ1v) is 21.6. The van der Waals surface area contributed by atoms with Crippen molar-refractivity contribution in [2.24, 2.45) is 22.9 Å². The van der Waals surface area contributed by atoms with Gasteiger partial charge in [-0.15, -0.1) is 0 Å². The predicted molar refractivity (Wildman–Crippen MR) is 201 cm³/mol. The molecule has 4 aliphatic carbocycles. The van der Waals surface area contributed by atoms with Crippen molar-refractivity contribution in [3.8, 4) is 0 Å². The molecule has 4 atom stereocenters. The van der Waals surface area contributed by atoms with Gasteiger partial charge in [-0.1, -0.05) is 0 Å². The summed E-state index contributed by atoms with van der Waals surface area (Å²) in [5.74, 6) is -3.60. The van der Waals surface area contributed by atoms with E-state index in [1.54, 1.807) is 0 Å². The Labute approximate surface area is 353 Å². The fraction of sp³-hybridized carbons (Fsp3) is 0.900. The number of nitrogens with two attached hydrogens (primary N) is 4. The average Bonchev–Trinajstić information content (AvgIpc) is 3.91. The van der Waals surface area contributed by atoms with Crippen LogP contribution in [-0.4, -0.2) is 142 Å². The van der Waals surface area contributed by atoms with Crippen LogP contribution >= 0.6 is 0 Å². The molecule has 4 aliphatic heterocycles. The molecule has 4 saturated carbocycles. The van der Waals surface area contributed by atoms with Crippen LogP contribution < -0.4 is 43.4 Å². The summed E-state index contributed by atoms with van der Waals surface area (Å²) in [5.41, 5.74) is 19.9. The maximum atomic E-state index is 11.2. The van der Waals surface area contributed by atoms with Gasteiger partial charge in [-0.3, -0.25) is 19.6 Å². The van der Waals surface area contributed by atoms with E-state index >= 15 is 0 Å². The Hall–Kier alpha value is -1.75. The van der Waals surface area contributed by atoms with Gasteiger partial charge in [-0.2, -0.15) is 0 Å². The molecular weight excluding hydrogens is 916 g/mol. The van der Waals surface area contributed by atoms with Crippen molar-refractivity contribution in [2.45, 2.75) is 175 Å². The van der Waals surface area contributed by atoms with E-state index in [9.17, 15) is 39.6 Å². The molecule has 0 aromatic carbocycles. The number of hydrogen-bond acceptors (Lipinski definition) is 16. The first-order valence-electron chi connectivity index (χ1n) is 21.6. The molecule has 8 rings (SSSR count). The molecule has 16 nitrogen and oxygen atoms in total. The number of carbonyl (C=O) groups excluding carboxylic acids is 4. The van der Waals surface area contributed by atoms with Crippen LogP contribution in [0.25, 0.3) is 0 Å². The fourth-order valence-corrected chi connectivity index (χ4v) is 11.1. The SMILES string of the molecule is NCC1CCCN1C1(C(=O)[O-])CCC1.NCC1CCCN1C1(C(=O)[O-])CCC1.NCC1CCCN1C1(C(=O)[O-])CCC1.NC[C@H]1CCCN1C1(C(=O)[O-])CCC1.[Pt+4]. The van der Waals surface area contributed by atoms with E-state index in [-0.39, 0.29) is 45.2 Å². The van der Waals surface area contributed by atoms with Gasteiger partial charge in [0, 0.05) is 50.3 Å². The number of carboxylic acids is 4. The first-order chi connectivity index (χ1) is 26.8. The Morgan fingerprint density at radius 2 is 0.561 bits per heavy atom. The van der Waals surface area contributed by atoms with Crippen LogP contribution in [0.4, 0.5) is 0 Å². The Morgan fingerprint density at radius 1 is 0.386 bits per heavy atom. The minimum Gasteiger partial charge on any atom is -0.548 e. The molecule has 0 radical (unpaired) electrons. The number of carboxylic acid groups (broad SMARTS) is 4. The van der Waals surface area contributed by atoms with E-state index < -0.39 is 46.0 Å². The van der Waals surface area contributed by atoms with Crippen LogP contribution in [0.15, 0.2) is 0 Å². The Kier molecular flexibility index (Phi) is 17.4. The van der Waals surface area contributed by atoms with Crippen molar-refractivity contribution in [1.82, 2.24) is 19.6 Å². The summed E-state index contributed by atoms with van der Waals surface area (Å²) < 4.78 is 0. The standard InChI is InChI=1S/4C10H18N2O2.Pt/c4*11-7-8-3-1-6-12(8)10(9(13)14)4-2-5-10;/h4*8H,1-7,11H2,(H,13,14);/q;;;;+4/p-4/t8-;;;;/m1..../s1. The number of nitrogens with zero attached hydrogens (tertiary/aromatic N) is 4. The second-order valence-corrected chi connectivity index (χ2v) is 17.6. The molecule has 3 unspecified atom stereocenters. The third-order valence-electron chi connectivity index (χ3n) is 15.0. The molecular formula is C40H68N8O8Pt. The quantitative estimate of drug-likeness (QED) is 0.147. The van der Waals surface area contributed by atoms with Gasteiger partial charge in [-0.25, -0.2) is 0 Å². The van der Waals surface area contributed by atoms with Gasteiger partial charge in [0.1, 0.15) is 0 Å². The molecule has 0 amide bonds. The van der Waals surface area contributed by atoms with E-state index in [0.717, 1.165) is 155 Å². The van der Waals surface area contributed by atoms with Gasteiger partial charge in [0.15, 0.2) is 0 Å². The maximum absolute atomic E-state index is 11.2. The maximum Gasteiger partial charge on any atom is 4.00 e. The summed E-state index contributed by atoms with van der Waals surface area (Å²) >= 11 is 0. The molecule has 0 aromatic rings. The van der Waals surface area contributed by atoms with Crippen molar-refractivity contribution in [3.05, 3.63) is 0 Å². The number of aliphatic carboxylic acids is 4. The van der Waals surface area contributed by atoms with E-state index in [2.05, 4.69) is 19.6 Å². The van der Waals surface area contributed by atoms with Crippen molar-refractivity contribution in [3.63, 3.8) is 0 Å². The van der Waals surface area contributed by atoms with E-state index in [1.165, 1.54) is 0 Å².